The van der Waals surface area contributed by atoms with Crippen molar-refractivity contribution < 1.29 is 13.2 Å². The van der Waals surface area contributed by atoms with Crippen LogP contribution in [0.3, 0.4) is 0 Å². The van der Waals surface area contributed by atoms with Crippen LogP contribution in [0.15, 0.2) is 0 Å². The van der Waals surface area contributed by atoms with Crippen LogP contribution in [0.25, 0.3) is 0 Å². The summed E-state index contributed by atoms with van der Waals surface area (Å²) in [4.78, 5) is 11.6. The van der Waals surface area contributed by atoms with Crippen molar-refractivity contribution in [2.45, 2.75) is 31.7 Å². The summed E-state index contributed by atoms with van der Waals surface area (Å²) in [5.74, 6) is -0.0870. The molecule has 0 atom stereocenters. The Hall–Kier alpha value is -0.330. The molecule has 0 bridgehead atoms. The van der Waals surface area contributed by atoms with Crippen molar-refractivity contribution in [1.82, 2.24) is 9.62 Å². The Morgan fingerprint density at radius 3 is 2.44 bits per heavy atom. The summed E-state index contributed by atoms with van der Waals surface area (Å²) < 4.78 is 24.7. The summed E-state index contributed by atoms with van der Waals surface area (Å²) in [6.07, 6.45) is 2.34. The number of amides is 1. The number of sulfonamides is 1. The molecule has 5 nitrogen and oxygen atoms in total. The van der Waals surface area contributed by atoms with Crippen LogP contribution in [0.4, 0.5) is 0 Å². The summed E-state index contributed by atoms with van der Waals surface area (Å²) in [6, 6.07) is -0.107. The van der Waals surface area contributed by atoms with Crippen LogP contribution in [-0.2, 0) is 14.8 Å². The second-order valence-electron chi connectivity index (χ2n) is 4.09. The van der Waals surface area contributed by atoms with E-state index in [0.717, 1.165) is 30.2 Å². The standard InChI is InChI=1S/C9H16N2O3S.ClH/c12-9-2-1-7-15(13,14)11(9)8-3-5-10-6-4-8;/h8,10H,1-7H2;1H. The Bertz CT molecular complexity index is 352. The van der Waals surface area contributed by atoms with E-state index in [-0.39, 0.29) is 30.1 Å². The molecule has 0 unspecified atom stereocenters. The van der Waals surface area contributed by atoms with Crippen LogP contribution in [-0.4, -0.2) is 43.5 Å². The van der Waals surface area contributed by atoms with E-state index in [1.807, 2.05) is 0 Å². The van der Waals surface area contributed by atoms with Crippen molar-refractivity contribution in [3.63, 3.8) is 0 Å². The van der Waals surface area contributed by atoms with E-state index >= 15 is 0 Å². The van der Waals surface area contributed by atoms with E-state index in [1.54, 1.807) is 0 Å². The second-order valence-corrected chi connectivity index (χ2v) is 6.06. The van der Waals surface area contributed by atoms with Crippen molar-refractivity contribution in [2.24, 2.45) is 0 Å². The van der Waals surface area contributed by atoms with Gasteiger partial charge in [-0.2, -0.15) is 0 Å². The molecular formula is C9H17ClN2O3S. The first-order valence-corrected chi connectivity index (χ1v) is 6.98. The van der Waals surface area contributed by atoms with Crippen LogP contribution in [0.5, 0.6) is 0 Å². The minimum Gasteiger partial charge on any atom is -0.317 e. The topological polar surface area (TPSA) is 66.5 Å². The average Bonchev–Trinajstić information content (AvgIpc) is 2.17. The molecule has 1 N–H and O–H groups in total. The van der Waals surface area contributed by atoms with Crippen molar-refractivity contribution in [3.05, 3.63) is 0 Å². The van der Waals surface area contributed by atoms with E-state index in [2.05, 4.69) is 5.32 Å². The molecule has 0 saturated carbocycles. The second kappa shape index (κ2) is 5.33. The molecule has 0 spiro atoms. The Labute approximate surface area is 102 Å². The maximum atomic E-state index is 11.8. The number of piperidine rings is 1. The lowest BCUT2D eigenvalue weighted by Crippen LogP contribution is -2.51. The number of nitrogens with one attached hydrogen (secondary N) is 1. The summed E-state index contributed by atoms with van der Waals surface area (Å²) >= 11 is 0. The van der Waals surface area contributed by atoms with Crippen molar-refractivity contribution >= 4 is 28.3 Å². The molecule has 2 heterocycles. The predicted molar refractivity (Wildman–Crippen MR) is 63.0 cm³/mol. The zero-order valence-electron chi connectivity index (χ0n) is 9.02. The van der Waals surface area contributed by atoms with Gasteiger partial charge < -0.3 is 5.32 Å². The molecule has 94 valence electrons. The molecule has 2 aliphatic heterocycles. The molecule has 2 rings (SSSR count). The maximum Gasteiger partial charge on any atom is 0.237 e. The highest BCUT2D eigenvalue weighted by Crippen LogP contribution is 2.22. The summed E-state index contributed by atoms with van der Waals surface area (Å²) in [5, 5.41) is 3.16. The van der Waals surface area contributed by atoms with Gasteiger partial charge in [-0.3, -0.25) is 4.79 Å². The third kappa shape index (κ3) is 2.67. The maximum absolute atomic E-state index is 11.8. The number of hydrogen-bond acceptors (Lipinski definition) is 4. The predicted octanol–water partition coefficient (Wildman–Crippen LogP) is 0.112. The molecule has 7 heteroatoms. The first-order chi connectivity index (χ1) is 7.11. The molecule has 0 aromatic heterocycles. The van der Waals surface area contributed by atoms with Crippen LogP contribution >= 0.6 is 12.4 Å². The first-order valence-electron chi connectivity index (χ1n) is 5.37. The third-order valence-corrected chi connectivity index (χ3v) is 4.88. The summed E-state index contributed by atoms with van der Waals surface area (Å²) in [7, 11) is -3.32. The number of carbonyl (C=O) groups is 1. The SMILES string of the molecule is Cl.O=C1CCCS(=O)(=O)N1C1CCNCC1. The Kier molecular flexibility index (Phi) is 4.58. The van der Waals surface area contributed by atoms with Gasteiger partial charge in [-0.1, -0.05) is 0 Å². The highest BCUT2D eigenvalue weighted by Gasteiger charge is 2.37. The van der Waals surface area contributed by atoms with Gasteiger partial charge in [0.2, 0.25) is 15.9 Å². The largest absolute Gasteiger partial charge is 0.317 e. The van der Waals surface area contributed by atoms with Gasteiger partial charge in [0.25, 0.3) is 0 Å². The Balaban J connectivity index is 0.00000128. The highest BCUT2D eigenvalue weighted by molar-refractivity contribution is 7.89. The zero-order chi connectivity index (χ0) is 10.9. The molecule has 1 amide bonds. The molecule has 0 aromatic carbocycles. The third-order valence-electron chi connectivity index (χ3n) is 2.98. The van der Waals surface area contributed by atoms with Crippen molar-refractivity contribution in [3.8, 4) is 0 Å². The lowest BCUT2D eigenvalue weighted by molar-refractivity contribution is -0.128. The normalized spacial score (nSPS) is 26.2. The lowest BCUT2D eigenvalue weighted by Gasteiger charge is -2.35. The van der Waals surface area contributed by atoms with Gasteiger partial charge in [0.1, 0.15) is 0 Å². The Morgan fingerprint density at radius 1 is 1.25 bits per heavy atom. The highest BCUT2D eigenvalue weighted by atomic mass is 35.5. The number of hydrogen-bond donors (Lipinski definition) is 1. The molecule has 16 heavy (non-hydrogen) atoms. The minimum absolute atomic E-state index is 0. The smallest absolute Gasteiger partial charge is 0.237 e. The molecule has 2 aliphatic rings. The van der Waals surface area contributed by atoms with E-state index in [0.29, 0.717) is 12.8 Å². The zero-order valence-corrected chi connectivity index (χ0v) is 10.6. The fourth-order valence-electron chi connectivity index (χ4n) is 2.24. The lowest BCUT2D eigenvalue weighted by atomic mass is 10.1. The van der Waals surface area contributed by atoms with Crippen LogP contribution in [0, 0.1) is 0 Å². The molecule has 2 fully saturated rings. The number of carbonyl (C=O) groups excluding carboxylic acids is 1. The van der Waals surface area contributed by atoms with Gasteiger partial charge in [0.05, 0.1) is 11.8 Å². The molecule has 2 saturated heterocycles. The van der Waals surface area contributed by atoms with E-state index in [9.17, 15) is 13.2 Å². The van der Waals surface area contributed by atoms with Gasteiger partial charge in [0.15, 0.2) is 0 Å². The van der Waals surface area contributed by atoms with Crippen LogP contribution in [0.2, 0.25) is 0 Å². The Morgan fingerprint density at radius 2 is 1.88 bits per heavy atom. The van der Waals surface area contributed by atoms with Gasteiger partial charge in [-0.25, -0.2) is 12.7 Å². The van der Waals surface area contributed by atoms with Crippen LogP contribution in [0.1, 0.15) is 25.7 Å². The van der Waals surface area contributed by atoms with Crippen molar-refractivity contribution in [1.29, 1.82) is 0 Å². The summed E-state index contributed by atoms with van der Waals surface area (Å²) in [5.41, 5.74) is 0. The molecular weight excluding hydrogens is 252 g/mol. The van der Waals surface area contributed by atoms with Gasteiger partial charge in [-0.15, -0.1) is 12.4 Å². The van der Waals surface area contributed by atoms with Crippen molar-refractivity contribution in [2.75, 3.05) is 18.8 Å². The van der Waals surface area contributed by atoms with Crippen LogP contribution < -0.4 is 5.32 Å². The average molecular weight is 269 g/mol. The fourth-order valence-corrected chi connectivity index (χ4v) is 4.01. The molecule has 0 radical (unpaired) electrons. The number of nitrogens with zero attached hydrogens (tertiary/aromatic N) is 1. The quantitative estimate of drug-likeness (QED) is 0.733. The van der Waals surface area contributed by atoms with E-state index in [1.165, 1.54) is 0 Å². The van der Waals surface area contributed by atoms with E-state index in [4.69, 9.17) is 0 Å². The molecule has 0 aromatic rings. The minimum atomic E-state index is -3.32. The van der Waals surface area contributed by atoms with E-state index < -0.39 is 10.0 Å². The van der Waals surface area contributed by atoms with Gasteiger partial charge in [0, 0.05) is 6.42 Å². The number of halogens is 1. The van der Waals surface area contributed by atoms with Gasteiger partial charge >= 0.3 is 0 Å². The summed E-state index contributed by atoms with van der Waals surface area (Å²) in [6.45, 7) is 1.59. The van der Waals surface area contributed by atoms with Gasteiger partial charge in [-0.05, 0) is 32.4 Å². The monoisotopic (exact) mass is 268 g/mol. The fraction of sp³-hybridized carbons (Fsp3) is 0.889. The number of rotatable bonds is 1. The molecule has 0 aliphatic carbocycles. The first kappa shape index (κ1) is 13.7.